The molecule has 1 saturated carbocycles. The minimum atomic E-state index is -0.213. The van der Waals surface area contributed by atoms with Crippen molar-refractivity contribution in [3.05, 3.63) is 40.4 Å². The molecule has 1 aliphatic heterocycles. The van der Waals surface area contributed by atoms with Crippen molar-refractivity contribution in [3.63, 3.8) is 0 Å². The number of hydrogen-bond acceptors (Lipinski definition) is 2. The van der Waals surface area contributed by atoms with E-state index in [0.717, 1.165) is 42.7 Å². The number of nitrogens with one attached hydrogen (secondary N) is 1. The molecule has 0 radical (unpaired) electrons. The summed E-state index contributed by atoms with van der Waals surface area (Å²) < 4.78 is 0. The minimum Gasteiger partial charge on any atom is -0.355 e. The molecule has 1 aromatic carbocycles. The number of likely N-dealkylation sites (tertiary alicyclic amines) is 1. The van der Waals surface area contributed by atoms with E-state index < -0.39 is 0 Å². The Labute approximate surface area is 186 Å². The summed E-state index contributed by atoms with van der Waals surface area (Å²) in [5.41, 5.74) is 3.57. The second-order valence-electron chi connectivity index (χ2n) is 8.76. The number of benzene rings is 1. The summed E-state index contributed by atoms with van der Waals surface area (Å²) in [6.45, 7) is 5.42. The van der Waals surface area contributed by atoms with Gasteiger partial charge in [0.05, 0.1) is 5.92 Å². The van der Waals surface area contributed by atoms with Gasteiger partial charge in [-0.25, -0.2) is 0 Å². The van der Waals surface area contributed by atoms with E-state index in [0.29, 0.717) is 25.6 Å². The summed E-state index contributed by atoms with van der Waals surface area (Å²) in [4.78, 5) is 27.2. The average molecular weight is 431 g/mol. The van der Waals surface area contributed by atoms with Gasteiger partial charge in [0.25, 0.3) is 0 Å². The van der Waals surface area contributed by atoms with Crippen LogP contribution >= 0.6 is 11.6 Å². The maximum absolute atomic E-state index is 12.7. The lowest BCUT2D eigenvalue weighted by molar-refractivity contribution is -0.130. The molecule has 0 bridgehead atoms. The van der Waals surface area contributed by atoms with Crippen molar-refractivity contribution in [2.75, 3.05) is 13.1 Å². The van der Waals surface area contributed by atoms with Crippen LogP contribution in [0.15, 0.2) is 24.3 Å². The number of halogens is 1. The average Bonchev–Trinajstić information content (AvgIpc) is 3.14. The number of rotatable bonds is 8. The maximum Gasteiger partial charge on any atom is 0.225 e. The first kappa shape index (κ1) is 22.9. The third-order valence-electron chi connectivity index (χ3n) is 6.46. The number of carbonyl (C=O) groups is 2. The zero-order valence-electron chi connectivity index (χ0n) is 18.4. The Balaban J connectivity index is 1.55. The van der Waals surface area contributed by atoms with Gasteiger partial charge in [0.15, 0.2) is 0 Å². The van der Waals surface area contributed by atoms with Crippen LogP contribution in [0, 0.1) is 12.8 Å². The van der Waals surface area contributed by atoms with Gasteiger partial charge in [0, 0.05) is 30.6 Å². The first-order valence-corrected chi connectivity index (χ1v) is 11.9. The van der Waals surface area contributed by atoms with Crippen LogP contribution in [0.1, 0.15) is 75.8 Å². The van der Waals surface area contributed by atoms with Gasteiger partial charge >= 0.3 is 0 Å². The smallest absolute Gasteiger partial charge is 0.225 e. The molecular formula is C25H35ClN2O2. The fourth-order valence-electron chi connectivity index (χ4n) is 4.72. The number of nitrogens with zero attached hydrogens (tertiary/aromatic N) is 1. The molecule has 1 N–H and O–H groups in total. The summed E-state index contributed by atoms with van der Waals surface area (Å²) >= 11 is 6.22. The van der Waals surface area contributed by atoms with Crippen LogP contribution in [-0.4, -0.2) is 35.8 Å². The Morgan fingerprint density at radius 1 is 1.27 bits per heavy atom. The van der Waals surface area contributed by atoms with Gasteiger partial charge in [-0.2, -0.15) is 0 Å². The molecule has 1 aliphatic carbocycles. The molecule has 1 atom stereocenters. The van der Waals surface area contributed by atoms with Crippen molar-refractivity contribution in [2.24, 2.45) is 5.92 Å². The van der Waals surface area contributed by atoms with Gasteiger partial charge in [-0.1, -0.05) is 56.4 Å². The van der Waals surface area contributed by atoms with E-state index in [9.17, 15) is 9.59 Å². The lowest BCUT2D eigenvalue weighted by Gasteiger charge is -2.31. The largest absolute Gasteiger partial charge is 0.355 e. The number of amides is 2. The van der Waals surface area contributed by atoms with Crippen LogP contribution in [0.25, 0.3) is 5.57 Å². The van der Waals surface area contributed by atoms with Crippen molar-refractivity contribution in [2.45, 2.75) is 77.7 Å². The highest BCUT2D eigenvalue weighted by atomic mass is 35.5. The quantitative estimate of drug-likeness (QED) is 0.590. The van der Waals surface area contributed by atoms with Gasteiger partial charge < -0.3 is 10.2 Å². The number of unbranched alkanes of at least 4 members (excludes halogenated alkanes) is 1. The van der Waals surface area contributed by atoms with Gasteiger partial charge in [-0.3, -0.25) is 9.59 Å². The zero-order valence-corrected chi connectivity index (χ0v) is 19.1. The summed E-state index contributed by atoms with van der Waals surface area (Å²) in [6.07, 6.45) is 11.3. The van der Waals surface area contributed by atoms with E-state index in [1.807, 2.05) is 23.1 Å². The first-order chi connectivity index (χ1) is 14.5. The molecule has 1 saturated heterocycles. The number of aryl methyl sites for hydroxylation is 1. The normalized spacial score (nSPS) is 20.6. The summed E-state index contributed by atoms with van der Waals surface area (Å²) in [6, 6.07) is 6.31. The van der Waals surface area contributed by atoms with Crippen molar-refractivity contribution in [3.8, 4) is 0 Å². The molecule has 2 fully saturated rings. The molecule has 164 valence electrons. The predicted molar refractivity (Wildman–Crippen MR) is 123 cm³/mol. The van der Waals surface area contributed by atoms with Gasteiger partial charge in [0.2, 0.25) is 11.8 Å². The Hall–Kier alpha value is -1.81. The van der Waals surface area contributed by atoms with Crippen molar-refractivity contribution in [1.82, 2.24) is 10.2 Å². The third kappa shape index (κ3) is 5.87. The van der Waals surface area contributed by atoms with Crippen LogP contribution in [0.4, 0.5) is 0 Å². The Morgan fingerprint density at radius 3 is 2.77 bits per heavy atom. The molecular weight excluding hydrogens is 396 g/mol. The van der Waals surface area contributed by atoms with Crippen molar-refractivity contribution >= 4 is 29.0 Å². The van der Waals surface area contributed by atoms with Crippen LogP contribution in [0.3, 0.4) is 0 Å². The summed E-state index contributed by atoms with van der Waals surface area (Å²) in [7, 11) is 0. The molecule has 0 aromatic heterocycles. The fraction of sp³-hybridized carbons (Fsp3) is 0.600. The van der Waals surface area contributed by atoms with Crippen LogP contribution in [-0.2, 0) is 9.59 Å². The molecule has 5 heteroatoms. The van der Waals surface area contributed by atoms with Crippen LogP contribution in [0.2, 0.25) is 5.02 Å². The Kier molecular flexibility index (Phi) is 8.38. The highest BCUT2D eigenvalue weighted by Crippen LogP contribution is 2.29. The van der Waals surface area contributed by atoms with E-state index in [1.54, 1.807) is 0 Å². The standard InChI is InChI=1S/C25H35ClN2O2/c1-3-4-8-19(23-16-21(26)12-11-18(23)2)13-14-27-25(30)20-15-24(29)28(17-20)22-9-6-5-7-10-22/h8,11-12,16,20,22H,3-7,9-10,13-15,17H2,1-2H3,(H,27,30). The summed E-state index contributed by atoms with van der Waals surface area (Å²) in [5.74, 6) is -0.0464. The highest BCUT2D eigenvalue weighted by molar-refractivity contribution is 6.30. The number of carbonyl (C=O) groups excluding carboxylic acids is 2. The topological polar surface area (TPSA) is 49.4 Å². The second kappa shape index (κ2) is 11.0. The minimum absolute atomic E-state index is 0.0133. The van der Waals surface area contributed by atoms with Crippen molar-refractivity contribution < 1.29 is 9.59 Å². The van der Waals surface area contributed by atoms with E-state index in [1.165, 1.54) is 30.4 Å². The molecule has 0 spiro atoms. The lowest BCUT2D eigenvalue weighted by atomic mass is 9.94. The Morgan fingerprint density at radius 2 is 2.03 bits per heavy atom. The molecule has 1 unspecified atom stereocenters. The maximum atomic E-state index is 12.7. The monoisotopic (exact) mass is 430 g/mol. The number of hydrogen-bond donors (Lipinski definition) is 1. The molecule has 1 heterocycles. The fourth-order valence-corrected chi connectivity index (χ4v) is 4.90. The van der Waals surface area contributed by atoms with Crippen LogP contribution in [0.5, 0.6) is 0 Å². The van der Waals surface area contributed by atoms with Crippen LogP contribution < -0.4 is 5.32 Å². The number of allylic oxidation sites excluding steroid dienone is 1. The second-order valence-corrected chi connectivity index (χ2v) is 9.19. The molecule has 1 aromatic rings. The Bertz CT molecular complexity index is 783. The summed E-state index contributed by atoms with van der Waals surface area (Å²) in [5, 5.41) is 3.82. The van der Waals surface area contributed by atoms with Gasteiger partial charge in [-0.05, 0) is 61.4 Å². The molecule has 30 heavy (non-hydrogen) atoms. The van der Waals surface area contributed by atoms with E-state index in [4.69, 9.17) is 11.6 Å². The first-order valence-electron chi connectivity index (χ1n) is 11.5. The van der Waals surface area contributed by atoms with Crippen molar-refractivity contribution in [1.29, 1.82) is 0 Å². The molecule has 3 rings (SSSR count). The molecule has 4 nitrogen and oxygen atoms in total. The predicted octanol–water partition coefficient (Wildman–Crippen LogP) is 5.52. The van der Waals surface area contributed by atoms with E-state index in [2.05, 4.69) is 25.2 Å². The lowest BCUT2D eigenvalue weighted by Crippen LogP contribution is -2.39. The third-order valence-corrected chi connectivity index (χ3v) is 6.70. The van der Waals surface area contributed by atoms with Gasteiger partial charge in [-0.15, -0.1) is 0 Å². The van der Waals surface area contributed by atoms with E-state index in [-0.39, 0.29) is 17.7 Å². The van der Waals surface area contributed by atoms with E-state index >= 15 is 0 Å². The SMILES string of the molecule is CCCC=C(CCNC(=O)C1CC(=O)N(C2CCCCC2)C1)c1cc(Cl)ccc1C. The molecule has 2 amide bonds. The van der Waals surface area contributed by atoms with Gasteiger partial charge in [0.1, 0.15) is 0 Å². The zero-order chi connectivity index (χ0) is 21.5. The molecule has 2 aliphatic rings. The highest BCUT2D eigenvalue weighted by Gasteiger charge is 2.37.